The van der Waals surface area contributed by atoms with Crippen LogP contribution in [0.25, 0.3) is 10.9 Å². The number of rotatable bonds is 4. The third-order valence-corrected chi connectivity index (χ3v) is 4.30. The lowest BCUT2D eigenvalue weighted by Gasteiger charge is -2.35. The molecule has 2 aromatic rings. The molecule has 0 bridgehead atoms. The number of fused-ring (bicyclic) bond motifs is 1. The number of nitrogens with zero attached hydrogens (tertiary/aromatic N) is 2. The Morgan fingerprint density at radius 3 is 2.68 bits per heavy atom. The molecule has 134 valence electrons. The van der Waals surface area contributed by atoms with Crippen LogP contribution in [0.5, 0.6) is 0 Å². The summed E-state index contributed by atoms with van der Waals surface area (Å²) in [4.78, 5) is 17.9. The summed E-state index contributed by atoms with van der Waals surface area (Å²) in [6.07, 6.45) is -2.85. The predicted molar refractivity (Wildman–Crippen MR) is 88.4 cm³/mol. The van der Waals surface area contributed by atoms with Crippen LogP contribution in [-0.2, 0) is 0 Å². The lowest BCUT2D eigenvalue weighted by molar-refractivity contribution is -0.183. The molecule has 1 fully saturated rings. The van der Waals surface area contributed by atoms with E-state index in [1.807, 2.05) is 0 Å². The van der Waals surface area contributed by atoms with Crippen molar-refractivity contribution < 1.29 is 18.0 Å². The second-order valence-corrected chi connectivity index (χ2v) is 5.93. The fourth-order valence-corrected chi connectivity index (χ4v) is 3.02. The van der Waals surface area contributed by atoms with Crippen molar-refractivity contribution in [2.45, 2.75) is 12.2 Å². The number of benzene rings is 1. The van der Waals surface area contributed by atoms with Gasteiger partial charge in [-0.05, 0) is 12.1 Å². The van der Waals surface area contributed by atoms with Gasteiger partial charge in [0.2, 0.25) is 0 Å². The lowest BCUT2D eigenvalue weighted by atomic mass is 10.1. The molecule has 1 saturated heterocycles. The first kappa shape index (κ1) is 17.6. The van der Waals surface area contributed by atoms with Crippen molar-refractivity contribution in [1.82, 2.24) is 20.5 Å². The van der Waals surface area contributed by atoms with Gasteiger partial charge in [0.1, 0.15) is 6.04 Å². The number of hydrogen-bond donors (Lipinski definition) is 2. The van der Waals surface area contributed by atoms with E-state index in [9.17, 15) is 18.0 Å². The summed E-state index contributed by atoms with van der Waals surface area (Å²) in [7, 11) is 0. The maximum Gasteiger partial charge on any atom is 0.405 e. The van der Waals surface area contributed by atoms with Gasteiger partial charge >= 0.3 is 6.18 Å². The van der Waals surface area contributed by atoms with E-state index in [4.69, 9.17) is 0 Å². The zero-order chi connectivity index (χ0) is 17.9. The Morgan fingerprint density at radius 1 is 1.24 bits per heavy atom. The number of carbonyl (C=O) groups is 1. The van der Waals surface area contributed by atoms with Crippen LogP contribution in [0.2, 0.25) is 0 Å². The Balaban J connectivity index is 1.74. The average molecular weight is 352 g/mol. The van der Waals surface area contributed by atoms with Crippen LogP contribution in [0.1, 0.15) is 10.4 Å². The van der Waals surface area contributed by atoms with Crippen molar-refractivity contribution in [1.29, 1.82) is 0 Å². The summed E-state index contributed by atoms with van der Waals surface area (Å²) in [5.41, 5.74) is 0.757. The van der Waals surface area contributed by atoms with E-state index in [2.05, 4.69) is 15.6 Å². The Labute approximate surface area is 143 Å². The highest BCUT2D eigenvalue weighted by Gasteiger charge is 2.43. The fraction of sp³-hybridized carbons (Fsp3) is 0.412. The van der Waals surface area contributed by atoms with Crippen molar-refractivity contribution in [2.75, 3.05) is 32.7 Å². The van der Waals surface area contributed by atoms with Crippen LogP contribution in [0.15, 0.2) is 36.5 Å². The monoisotopic (exact) mass is 352 g/mol. The number of alkyl halides is 3. The SMILES string of the molecule is O=C(NCC(N1CCNCC1)C(F)(F)F)c1cccc2cccnc12. The van der Waals surface area contributed by atoms with Gasteiger partial charge < -0.3 is 10.6 Å². The van der Waals surface area contributed by atoms with Crippen molar-refractivity contribution in [3.8, 4) is 0 Å². The normalized spacial score (nSPS) is 17.4. The molecule has 8 heteroatoms. The van der Waals surface area contributed by atoms with Crippen LogP contribution in [0.4, 0.5) is 13.2 Å². The first-order valence-electron chi connectivity index (χ1n) is 8.10. The van der Waals surface area contributed by atoms with Gasteiger partial charge in [-0.3, -0.25) is 14.7 Å². The Bertz CT molecular complexity index is 739. The number of halogens is 3. The third-order valence-electron chi connectivity index (χ3n) is 4.30. The number of para-hydroxylation sites is 1. The Morgan fingerprint density at radius 2 is 1.96 bits per heavy atom. The molecule has 1 aromatic heterocycles. The standard InChI is InChI=1S/C17H19F3N4O/c18-17(19,20)14(24-9-7-21-8-10-24)11-23-16(25)13-5-1-3-12-4-2-6-22-15(12)13/h1-6,14,21H,7-11H2,(H,23,25). The molecular formula is C17H19F3N4O. The van der Waals surface area contributed by atoms with E-state index in [-0.39, 0.29) is 5.56 Å². The van der Waals surface area contributed by atoms with Crippen molar-refractivity contribution in [2.24, 2.45) is 0 Å². The van der Waals surface area contributed by atoms with E-state index in [1.54, 1.807) is 36.5 Å². The highest BCUT2D eigenvalue weighted by atomic mass is 19.4. The molecule has 1 amide bonds. The van der Waals surface area contributed by atoms with Crippen LogP contribution in [0, 0.1) is 0 Å². The molecule has 1 atom stereocenters. The summed E-state index contributed by atoms with van der Waals surface area (Å²) in [6.45, 7) is 1.14. The molecule has 1 aromatic carbocycles. The molecule has 2 N–H and O–H groups in total. The summed E-state index contributed by atoms with van der Waals surface area (Å²) in [6, 6.07) is 6.92. The zero-order valence-corrected chi connectivity index (χ0v) is 13.5. The number of aromatic nitrogens is 1. The van der Waals surface area contributed by atoms with Gasteiger partial charge in [0, 0.05) is 44.3 Å². The summed E-state index contributed by atoms with van der Waals surface area (Å²) >= 11 is 0. The number of nitrogens with one attached hydrogen (secondary N) is 2. The predicted octanol–water partition coefficient (Wildman–Crippen LogP) is 1.80. The third kappa shape index (κ3) is 4.08. The molecule has 1 aliphatic rings. The van der Waals surface area contributed by atoms with Crippen molar-refractivity contribution in [3.05, 3.63) is 42.1 Å². The smallest absolute Gasteiger partial charge is 0.350 e. The minimum Gasteiger partial charge on any atom is -0.350 e. The zero-order valence-electron chi connectivity index (χ0n) is 13.5. The second-order valence-electron chi connectivity index (χ2n) is 5.93. The Hall–Kier alpha value is -2.19. The summed E-state index contributed by atoms with van der Waals surface area (Å²) in [5, 5.41) is 6.23. The highest BCUT2D eigenvalue weighted by molar-refractivity contribution is 6.05. The average Bonchev–Trinajstić information content (AvgIpc) is 2.61. The molecule has 25 heavy (non-hydrogen) atoms. The van der Waals surface area contributed by atoms with E-state index < -0.39 is 24.7 Å². The molecule has 0 aliphatic carbocycles. The van der Waals surface area contributed by atoms with Gasteiger partial charge in [-0.25, -0.2) is 0 Å². The van der Waals surface area contributed by atoms with E-state index in [1.165, 1.54) is 4.90 Å². The molecule has 5 nitrogen and oxygen atoms in total. The molecule has 1 unspecified atom stereocenters. The maximum absolute atomic E-state index is 13.4. The minimum atomic E-state index is -4.40. The number of piperazine rings is 1. The highest BCUT2D eigenvalue weighted by Crippen LogP contribution is 2.25. The van der Waals surface area contributed by atoms with E-state index in [0.29, 0.717) is 31.7 Å². The quantitative estimate of drug-likeness (QED) is 0.881. The number of pyridine rings is 1. The minimum absolute atomic E-state index is 0.277. The molecule has 0 radical (unpaired) electrons. The van der Waals surface area contributed by atoms with Gasteiger partial charge in [-0.1, -0.05) is 18.2 Å². The van der Waals surface area contributed by atoms with Crippen LogP contribution < -0.4 is 10.6 Å². The van der Waals surface area contributed by atoms with Gasteiger partial charge in [0.15, 0.2) is 0 Å². The Kier molecular flexibility index (Phi) is 5.19. The molecule has 1 aliphatic heterocycles. The molecular weight excluding hydrogens is 333 g/mol. The summed E-state index contributed by atoms with van der Waals surface area (Å²) < 4.78 is 40.2. The van der Waals surface area contributed by atoms with Crippen molar-refractivity contribution in [3.63, 3.8) is 0 Å². The van der Waals surface area contributed by atoms with E-state index >= 15 is 0 Å². The van der Waals surface area contributed by atoms with Gasteiger partial charge in [-0.15, -0.1) is 0 Å². The molecule has 0 saturated carbocycles. The number of hydrogen-bond acceptors (Lipinski definition) is 4. The van der Waals surface area contributed by atoms with Crippen LogP contribution in [-0.4, -0.2) is 60.7 Å². The largest absolute Gasteiger partial charge is 0.405 e. The molecule has 3 rings (SSSR count). The van der Waals surface area contributed by atoms with Gasteiger partial charge in [-0.2, -0.15) is 13.2 Å². The van der Waals surface area contributed by atoms with Gasteiger partial charge in [0.05, 0.1) is 11.1 Å². The topological polar surface area (TPSA) is 57.3 Å². The van der Waals surface area contributed by atoms with Crippen molar-refractivity contribution >= 4 is 16.8 Å². The van der Waals surface area contributed by atoms with E-state index in [0.717, 1.165) is 5.39 Å². The van der Waals surface area contributed by atoms with Crippen LogP contribution in [0.3, 0.4) is 0 Å². The number of carbonyl (C=O) groups excluding carboxylic acids is 1. The van der Waals surface area contributed by atoms with Gasteiger partial charge in [0.25, 0.3) is 5.91 Å². The first-order valence-corrected chi connectivity index (χ1v) is 8.10. The molecule has 0 spiro atoms. The molecule has 2 heterocycles. The second kappa shape index (κ2) is 7.37. The lowest BCUT2D eigenvalue weighted by Crippen LogP contribution is -2.57. The maximum atomic E-state index is 13.4. The van der Waals surface area contributed by atoms with Crippen LogP contribution >= 0.6 is 0 Å². The number of amides is 1. The fourth-order valence-electron chi connectivity index (χ4n) is 3.02. The first-order chi connectivity index (χ1) is 12.0. The summed E-state index contributed by atoms with van der Waals surface area (Å²) in [5.74, 6) is -0.548.